The molecule has 0 amide bonds. The summed E-state index contributed by atoms with van der Waals surface area (Å²) in [4.78, 5) is 5.23. The molecule has 1 heterocycles. The molecule has 1 aliphatic heterocycles. The summed E-state index contributed by atoms with van der Waals surface area (Å²) in [5.41, 5.74) is 1.37. The Bertz CT molecular complexity index is 558. The van der Waals surface area contributed by atoms with Crippen LogP contribution in [0.2, 0.25) is 0 Å². The van der Waals surface area contributed by atoms with Crippen LogP contribution in [0.5, 0.6) is 0 Å². The Balaban J connectivity index is 1.41. The van der Waals surface area contributed by atoms with Gasteiger partial charge in [-0.1, -0.05) is 6.92 Å². The van der Waals surface area contributed by atoms with Gasteiger partial charge in [0.15, 0.2) is 0 Å². The summed E-state index contributed by atoms with van der Waals surface area (Å²) < 4.78 is 0. The smallest absolute Gasteiger partial charge is 0.00982 e. The van der Waals surface area contributed by atoms with E-state index >= 15 is 0 Å². The number of nitrogens with zero attached hydrogens (tertiary/aromatic N) is 2. The molecule has 2 nitrogen and oxygen atoms in total. The maximum absolute atomic E-state index is 2.73. The van der Waals surface area contributed by atoms with Crippen LogP contribution >= 0.6 is 0 Å². The fourth-order valence-electron chi connectivity index (χ4n) is 9.51. The van der Waals surface area contributed by atoms with Crippen LogP contribution in [0.1, 0.15) is 71.6 Å². The van der Waals surface area contributed by atoms with E-state index < -0.39 is 0 Å². The highest BCUT2D eigenvalue weighted by molar-refractivity contribution is 5.15. The van der Waals surface area contributed by atoms with E-state index in [4.69, 9.17) is 0 Å². The summed E-state index contributed by atoms with van der Waals surface area (Å²) in [6.45, 7) is 6.67. The number of likely N-dealkylation sites (tertiary alicyclic amines) is 1. The number of fused-ring (bicyclic) bond motifs is 4. The highest BCUT2D eigenvalue weighted by Crippen LogP contribution is 2.69. The van der Waals surface area contributed by atoms with Gasteiger partial charge in [-0.15, -0.1) is 0 Å². The van der Waals surface area contributed by atoms with Crippen LogP contribution in [0.25, 0.3) is 0 Å². The highest BCUT2D eigenvalue weighted by Gasteiger charge is 2.64. The highest BCUT2D eigenvalue weighted by atomic mass is 15.2. The molecule has 0 radical (unpaired) electrons. The van der Waals surface area contributed by atoms with Crippen molar-refractivity contribution in [2.45, 2.75) is 83.7 Å². The van der Waals surface area contributed by atoms with Gasteiger partial charge < -0.3 is 9.80 Å². The van der Waals surface area contributed by atoms with Crippen molar-refractivity contribution >= 4 is 0 Å². The van der Waals surface area contributed by atoms with Gasteiger partial charge in [-0.25, -0.2) is 0 Å². The second kappa shape index (κ2) is 5.96. The van der Waals surface area contributed by atoms with Gasteiger partial charge in [0.2, 0.25) is 0 Å². The summed E-state index contributed by atoms with van der Waals surface area (Å²) in [6, 6.07) is 1.68. The molecule has 5 rings (SSSR count). The van der Waals surface area contributed by atoms with E-state index in [1.54, 1.807) is 25.7 Å². The third-order valence-corrected chi connectivity index (χ3v) is 11.0. The molecule has 0 bridgehead atoms. The standard InChI is InChI=1S/C24H42N2/c1-16-20-8-9-22-19-7-6-17-14-18(25(3)4)10-12-23(17,2)21(19)11-13-24(20,22)15-26(16)5/h16-22H,6-15H2,1-5H3/t16-,17+,18+,19-,20-,21+,22-,23+,24+/m1/s1. The molecule has 2 heteroatoms. The third kappa shape index (κ3) is 2.24. The van der Waals surface area contributed by atoms with Crippen LogP contribution in [0.3, 0.4) is 0 Å². The van der Waals surface area contributed by atoms with Gasteiger partial charge in [0.1, 0.15) is 0 Å². The molecule has 148 valence electrons. The lowest BCUT2D eigenvalue weighted by atomic mass is 9.44. The quantitative estimate of drug-likeness (QED) is 0.658. The zero-order valence-electron chi connectivity index (χ0n) is 18.0. The number of hydrogen-bond donors (Lipinski definition) is 0. The Morgan fingerprint density at radius 2 is 1.65 bits per heavy atom. The van der Waals surface area contributed by atoms with Crippen molar-refractivity contribution in [2.24, 2.45) is 40.4 Å². The minimum atomic E-state index is 0.658. The van der Waals surface area contributed by atoms with E-state index in [-0.39, 0.29) is 0 Å². The van der Waals surface area contributed by atoms with Crippen LogP contribution in [0.4, 0.5) is 0 Å². The van der Waals surface area contributed by atoms with Gasteiger partial charge in [0.25, 0.3) is 0 Å². The minimum Gasteiger partial charge on any atom is -0.306 e. The molecule has 1 spiro atoms. The predicted molar refractivity (Wildman–Crippen MR) is 109 cm³/mol. The molecule has 0 aromatic heterocycles. The first-order valence-corrected chi connectivity index (χ1v) is 11.7. The van der Waals surface area contributed by atoms with Crippen molar-refractivity contribution < 1.29 is 0 Å². The van der Waals surface area contributed by atoms with Crippen molar-refractivity contribution in [2.75, 3.05) is 27.7 Å². The Hall–Kier alpha value is -0.0800. The molecule has 9 atom stereocenters. The number of rotatable bonds is 1. The van der Waals surface area contributed by atoms with Crippen molar-refractivity contribution in [3.05, 3.63) is 0 Å². The summed E-state index contributed by atoms with van der Waals surface area (Å²) in [5, 5.41) is 0. The molecule has 0 N–H and O–H groups in total. The lowest BCUT2D eigenvalue weighted by Crippen LogP contribution is -2.55. The van der Waals surface area contributed by atoms with Gasteiger partial charge >= 0.3 is 0 Å². The van der Waals surface area contributed by atoms with E-state index in [1.165, 1.54) is 38.6 Å². The van der Waals surface area contributed by atoms with E-state index in [1.807, 2.05) is 0 Å². The zero-order chi connectivity index (χ0) is 18.3. The molecular weight excluding hydrogens is 316 g/mol. The molecule has 5 aliphatic rings. The Morgan fingerprint density at radius 1 is 0.885 bits per heavy atom. The van der Waals surface area contributed by atoms with E-state index in [0.717, 1.165) is 41.7 Å². The van der Waals surface area contributed by atoms with Gasteiger partial charge in [0, 0.05) is 18.6 Å². The fourth-order valence-corrected chi connectivity index (χ4v) is 9.51. The Kier molecular flexibility index (Phi) is 4.12. The first-order valence-electron chi connectivity index (χ1n) is 11.7. The monoisotopic (exact) mass is 358 g/mol. The van der Waals surface area contributed by atoms with Gasteiger partial charge in [-0.2, -0.15) is 0 Å². The second-order valence-electron chi connectivity index (χ2n) is 11.7. The topological polar surface area (TPSA) is 6.48 Å². The summed E-state index contributed by atoms with van der Waals surface area (Å²) >= 11 is 0. The molecule has 26 heavy (non-hydrogen) atoms. The van der Waals surface area contributed by atoms with Crippen LogP contribution in [0, 0.1) is 40.4 Å². The normalized spacial score (nSPS) is 56.8. The predicted octanol–water partition coefficient (Wildman–Crippen LogP) is 4.89. The van der Waals surface area contributed by atoms with Crippen LogP contribution in [0.15, 0.2) is 0 Å². The van der Waals surface area contributed by atoms with Crippen LogP contribution in [-0.2, 0) is 0 Å². The second-order valence-corrected chi connectivity index (χ2v) is 11.7. The van der Waals surface area contributed by atoms with Crippen molar-refractivity contribution in [3.63, 3.8) is 0 Å². The maximum atomic E-state index is 2.73. The van der Waals surface area contributed by atoms with Crippen molar-refractivity contribution in [1.29, 1.82) is 0 Å². The molecule has 4 saturated carbocycles. The van der Waals surface area contributed by atoms with E-state index in [2.05, 4.69) is 44.8 Å². The van der Waals surface area contributed by atoms with E-state index in [0.29, 0.717) is 10.8 Å². The zero-order valence-corrected chi connectivity index (χ0v) is 18.0. The van der Waals surface area contributed by atoms with Crippen LogP contribution in [-0.4, -0.2) is 49.6 Å². The lowest BCUT2D eigenvalue weighted by Gasteiger charge is -2.61. The molecule has 1 saturated heterocycles. The van der Waals surface area contributed by atoms with Crippen LogP contribution < -0.4 is 0 Å². The maximum Gasteiger partial charge on any atom is 0.00982 e. The average Bonchev–Trinajstić information content (AvgIpc) is 3.08. The molecule has 0 aromatic carbocycles. The summed E-state index contributed by atoms with van der Waals surface area (Å²) in [5.74, 6) is 5.17. The van der Waals surface area contributed by atoms with Gasteiger partial charge in [-0.3, -0.25) is 0 Å². The number of hydrogen-bond acceptors (Lipinski definition) is 2. The fraction of sp³-hybridized carbons (Fsp3) is 1.00. The third-order valence-electron chi connectivity index (χ3n) is 11.0. The molecule has 4 aliphatic carbocycles. The van der Waals surface area contributed by atoms with Gasteiger partial charge in [0.05, 0.1) is 0 Å². The Labute approximate surface area is 162 Å². The lowest BCUT2D eigenvalue weighted by molar-refractivity contribution is -0.118. The summed E-state index contributed by atoms with van der Waals surface area (Å²) in [6.07, 6.45) is 13.7. The average molecular weight is 359 g/mol. The molecule has 0 aromatic rings. The molecule has 0 unspecified atom stereocenters. The minimum absolute atomic E-state index is 0.658. The SMILES string of the molecule is C[C@@H]1[C@H]2CC[C@@H]3[C@@H]4CC[C@H]5C[C@@H](N(C)C)CC[C@]5(C)[C@H]4CC[C@@]32CN1C. The summed E-state index contributed by atoms with van der Waals surface area (Å²) in [7, 11) is 7.02. The van der Waals surface area contributed by atoms with Crippen molar-refractivity contribution in [1.82, 2.24) is 9.80 Å². The first kappa shape index (κ1) is 18.0. The van der Waals surface area contributed by atoms with E-state index in [9.17, 15) is 0 Å². The molecular formula is C24H42N2. The molecule has 5 fully saturated rings. The largest absolute Gasteiger partial charge is 0.306 e. The van der Waals surface area contributed by atoms with Crippen molar-refractivity contribution in [3.8, 4) is 0 Å². The van der Waals surface area contributed by atoms with Gasteiger partial charge in [-0.05, 0) is 126 Å². The Morgan fingerprint density at radius 3 is 2.42 bits per heavy atom. The first-order chi connectivity index (χ1) is 12.4.